The number of nitrogens with zero attached hydrogens (tertiary/aromatic N) is 4. The Hall–Kier alpha value is -3.11. The molecule has 4 rings (SSSR count). The molecule has 3 amide bonds. The molecule has 1 aliphatic heterocycles. The average Bonchev–Trinajstić information content (AvgIpc) is 3.46. The Morgan fingerprint density at radius 2 is 2.07 bits per heavy atom. The molecule has 0 bridgehead atoms. The third kappa shape index (κ3) is 5.28. The number of likely N-dealkylation sites (tertiary alicyclic amines) is 1. The third-order valence-electron chi connectivity index (χ3n) is 4.90. The summed E-state index contributed by atoms with van der Waals surface area (Å²) in [5, 5.41) is 11.0. The van der Waals surface area contributed by atoms with Gasteiger partial charge in [-0.05, 0) is 49.5 Å². The molecule has 1 aliphatic rings. The SMILES string of the molecule is O=C(CN1CCC(c2nc(-c3ccccn3)no2)CC1)NC(=O)NCc1cccs1. The molecular weight excluding hydrogens is 404 g/mol. The van der Waals surface area contributed by atoms with Gasteiger partial charge in [-0.3, -0.25) is 20.0 Å². The summed E-state index contributed by atoms with van der Waals surface area (Å²) in [4.78, 5) is 35.8. The van der Waals surface area contributed by atoms with Crippen LogP contribution in [-0.2, 0) is 11.3 Å². The highest BCUT2D eigenvalue weighted by atomic mass is 32.1. The number of rotatable bonds is 6. The van der Waals surface area contributed by atoms with Crippen molar-refractivity contribution in [1.29, 1.82) is 0 Å². The summed E-state index contributed by atoms with van der Waals surface area (Å²) in [6.45, 7) is 2.03. The number of amides is 3. The third-order valence-corrected chi connectivity index (χ3v) is 5.77. The molecule has 0 atom stereocenters. The average molecular weight is 427 g/mol. The van der Waals surface area contributed by atoms with Crippen molar-refractivity contribution >= 4 is 23.3 Å². The van der Waals surface area contributed by atoms with E-state index in [0.717, 1.165) is 30.8 Å². The second-order valence-electron chi connectivity index (χ2n) is 7.03. The van der Waals surface area contributed by atoms with Crippen molar-refractivity contribution in [2.45, 2.75) is 25.3 Å². The molecule has 2 N–H and O–H groups in total. The maximum Gasteiger partial charge on any atom is 0.321 e. The van der Waals surface area contributed by atoms with Crippen LogP contribution in [0.4, 0.5) is 4.79 Å². The smallest absolute Gasteiger partial charge is 0.321 e. The van der Waals surface area contributed by atoms with Gasteiger partial charge in [0.05, 0.1) is 13.1 Å². The molecule has 0 aliphatic carbocycles. The first-order valence-corrected chi connectivity index (χ1v) is 10.6. The second kappa shape index (κ2) is 9.59. The molecule has 3 aromatic rings. The van der Waals surface area contributed by atoms with Gasteiger partial charge in [-0.2, -0.15) is 4.98 Å². The van der Waals surface area contributed by atoms with Crippen molar-refractivity contribution in [3.8, 4) is 11.5 Å². The summed E-state index contributed by atoms with van der Waals surface area (Å²) in [5.41, 5.74) is 0.680. The minimum Gasteiger partial charge on any atom is -0.339 e. The van der Waals surface area contributed by atoms with Crippen molar-refractivity contribution < 1.29 is 14.1 Å². The number of imide groups is 1. The standard InChI is InChI=1S/C20H22N6O3S/c27-17(23-20(28)22-12-15-4-3-11-30-15)13-26-9-6-14(7-10-26)19-24-18(25-29-19)16-5-1-2-8-21-16/h1-5,8,11,14H,6-7,9-10,12-13H2,(H2,22,23,27,28). The van der Waals surface area contributed by atoms with E-state index in [2.05, 4.69) is 25.8 Å². The van der Waals surface area contributed by atoms with Crippen LogP contribution < -0.4 is 10.6 Å². The lowest BCUT2D eigenvalue weighted by Gasteiger charge is -2.29. The van der Waals surface area contributed by atoms with Crippen LogP contribution in [-0.4, -0.2) is 51.6 Å². The predicted octanol–water partition coefficient (Wildman–Crippen LogP) is 2.40. The van der Waals surface area contributed by atoms with E-state index in [-0.39, 0.29) is 18.4 Å². The topological polar surface area (TPSA) is 113 Å². The molecule has 1 fully saturated rings. The number of thiophene rings is 1. The fourth-order valence-corrected chi connectivity index (χ4v) is 3.98. The van der Waals surface area contributed by atoms with Gasteiger partial charge in [0.2, 0.25) is 17.6 Å². The highest BCUT2D eigenvalue weighted by molar-refractivity contribution is 7.09. The van der Waals surface area contributed by atoms with E-state index < -0.39 is 6.03 Å². The van der Waals surface area contributed by atoms with Gasteiger partial charge in [0, 0.05) is 17.0 Å². The Labute approximate surface area is 177 Å². The fourth-order valence-electron chi connectivity index (χ4n) is 3.33. The Balaban J connectivity index is 1.20. The molecular formula is C20H22N6O3S. The van der Waals surface area contributed by atoms with Gasteiger partial charge in [0.25, 0.3) is 0 Å². The van der Waals surface area contributed by atoms with Gasteiger partial charge in [0.15, 0.2) is 0 Å². The Kier molecular flexibility index (Phi) is 6.45. The van der Waals surface area contributed by atoms with Crippen molar-refractivity contribution in [2.24, 2.45) is 0 Å². The summed E-state index contributed by atoms with van der Waals surface area (Å²) < 4.78 is 5.43. The Morgan fingerprint density at radius 1 is 1.20 bits per heavy atom. The normalized spacial score (nSPS) is 15.1. The molecule has 1 saturated heterocycles. The quantitative estimate of drug-likeness (QED) is 0.622. The minimum atomic E-state index is -0.476. The zero-order chi connectivity index (χ0) is 20.8. The summed E-state index contributed by atoms with van der Waals surface area (Å²) in [6, 6.07) is 8.93. The zero-order valence-electron chi connectivity index (χ0n) is 16.3. The highest BCUT2D eigenvalue weighted by Crippen LogP contribution is 2.27. The lowest BCUT2D eigenvalue weighted by Crippen LogP contribution is -2.45. The van der Waals surface area contributed by atoms with E-state index >= 15 is 0 Å². The van der Waals surface area contributed by atoms with E-state index in [1.54, 1.807) is 17.5 Å². The molecule has 156 valence electrons. The van der Waals surface area contributed by atoms with Crippen LogP contribution >= 0.6 is 11.3 Å². The Bertz CT molecular complexity index is 968. The van der Waals surface area contributed by atoms with Crippen LogP contribution in [0.25, 0.3) is 11.5 Å². The lowest BCUT2D eigenvalue weighted by atomic mass is 9.97. The first-order chi connectivity index (χ1) is 14.7. The largest absolute Gasteiger partial charge is 0.339 e. The van der Waals surface area contributed by atoms with E-state index in [1.807, 2.05) is 40.6 Å². The number of hydrogen-bond donors (Lipinski definition) is 2. The lowest BCUT2D eigenvalue weighted by molar-refractivity contribution is -0.121. The molecule has 3 aromatic heterocycles. The van der Waals surface area contributed by atoms with E-state index in [4.69, 9.17) is 4.52 Å². The fraction of sp³-hybridized carbons (Fsp3) is 0.350. The minimum absolute atomic E-state index is 0.156. The van der Waals surface area contributed by atoms with Gasteiger partial charge in [-0.15, -0.1) is 11.3 Å². The molecule has 0 unspecified atom stereocenters. The molecule has 4 heterocycles. The number of carbonyl (C=O) groups excluding carboxylic acids is 2. The molecule has 0 spiro atoms. The number of nitrogens with one attached hydrogen (secondary N) is 2. The van der Waals surface area contributed by atoms with Crippen LogP contribution in [0.1, 0.15) is 29.5 Å². The monoisotopic (exact) mass is 426 g/mol. The van der Waals surface area contributed by atoms with E-state index in [0.29, 0.717) is 24.0 Å². The summed E-state index contributed by atoms with van der Waals surface area (Å²) in [6.07, 6.45) is 3.31. The predicted molar refractivity (Wildman–Crippen MR) is 111 cm³/mol. The van der Waals surface area contributed by atoms with Crippen LogP contribution in [0.3, 0.4) is 0 Å². The van der Waals surface area contributed by atoms with Gasteiger partial charge < -0.3 is 9.84 Å². The number of pyridine rings is 1. The maximum absolute atomic E-state index is 12.1. The van der Waals surface area contributed by atoms with Crippen molar-refractivity contribution in [1.82, 2.24) is 30.7 Å². The number of aromatic nitrogens is 3. The number of hydrogen-bond acceptors (Lipinski definition) is 8. The molecule has 0 saturated carbocycles. The Morgan fingerprint density at radius 3 is 2.80 bits per heavy atom. The summed E-state index contributed by atoms with van der Waals surface area (Å²) in [7, 11) is 0. The number of carbonyl (C=O) groups is 2. The molecule has 10 heteroatoms. The van der Waals surface area contributed by atoms with Crippen LogP contribution in [0.5, 0.6) is 0 Å². The van der Waals surface area contributed by atoms with Crippen molar-refractivity contribution in [2.75, 3.05) is 19.6 Å². The van der Waals surface area contributed by atoms with Gasteiger partial charge >= 0.3 is 6.03 Å². The highest BCUT2D eigenvalue weighted by Gasteiger charge is 2.26. The van der Waals surface area contributed by atoms with Crippen LogP contribution in [0, 0.1) is 0 Å². The van der Waals surface area contributed by atoms with Crippen molar-refractivity contribution in [3.05, 3.63) is 52.7 Å². The van der Waals surface area contributed by atoms with E-state index in [9.17, 15) is 9.59 Å². The molecule has 0 aromatic carbocycles. The summed E-state index contributed by atoms with van der Waals surface area (Å²) >= 11 is 1.55. The number of urea groups is 1. The first-order valence-electron chi connectivity index (χ1n) is 9.75. The van der Waals surface area contributed by atoms with Crippen LogP contribution in [0.2, 0.25) is 0 Å². The maximum atomic E-state index is 12.1. The molecule has 9 nitrogen and oxygen atoms in total. The number of piperidine rings is 1. The van der Waals surface area contributed by atoms with Gasteiger partial charge in [-0.25, -0.2) is 4.79 Å². The van der Waals surface area contributed by atoms with Crippen molar-refractivity contribution in [3.63, 3.8) is 0 Å². The zero-order valence-corrected chi connectivity index (χ0v) is 17.1. The van der Waals surface area contributed by atoms with E-state index in [1.165, 1.54) is 0 Å². The molecule has 0 radical (unpaired) electrons. The van der Waals surface area contributed by atoms with Gasteiger partial charge in [0.1, 0.15) is 5.69 Å². The molecule has 30 heavy (non-hydrogen) atoms. The second-order valence-corrected chi connectivity index (χ2v) is 8.06. The first kappa shape index (κ1) is 20.2. The van der Waals surface area contributed by atoms with Gasteiger partial charge in [-0.1, -0.05) is 17.3 Å². The summed E-state index contributed by atoms with van der Waals surface area (Å²) in [5.74, 6) is 0.935. The van der Waals surface area contributed by atoms with Crippen LogP contribution in [0.15, 0.2) is 46.4 Å².